The van der Waals surface area contributed by atoms with Gasteiger partial charge < -0.3 is 4.74 Å². The molecule has 0 saturated heterocycles. The van der Waals surface area contributed by atoms with E-state index in [-0.39, 0.29) is 6.61 Å². The Hall–Kier alpha value is -2.63. The summed E-state index contributed by atoms with van der Waals surface area (Å²) in [7, 11) is 0. The Kier molecular flexibility index (Phi) is 4.29. The molecule has 0 atom stereocenters. The van der Waals surface area contributed by atoms with Crippen LogP contribution in [0.5, 0.6) is 0 Å². The summed E-state index contributed by atoms with van der Waals surface area (Å²) in [6.07, 6.45) is -4.99. The molecule has 0 bridgehead atoms. The second-order valence-electron chi connectivity index (χ2n) is 3.47. The normalized spacial score (nSPS) is 10.8. The summed E-state index contributed by atoms with van der Waals surface area (Å²) in [6.45, 7) is 1.08. The first kappa shape index (κ1) is 15.4. The van der Waals surface area contributed by atoms with Crippen LogP contribution in [0.3, 0.4) is 0 Å². The summed E-state index contributed by atoms with van der Waals surface area (Å²) in [6, 6.07) is 2.46. The van der Waals surface area contributed by atoms with Gasteiger partial charge >= 0.3 is 17.8 Å². The Morgan fingerprint density at radius 2 is 2.10 bits per heavy atom. The Morgan fingerprint density at radius 1 is 1.50 bits per heavy atom. The summed E-state index contributed by atoms with van der Waals surface area (Å²) in [5.74, 6) is -1.50. The van der Waals surface area contributed by atoms with E-state index in [1.165, 1.54) is 13.0 Å². The molecule has 1 aromatic carbocycles. The van der Waals surface area contributed by atoms with Gasteiger partial charge in [-0.3, -0.25) is 10.1 Å². The number of ether oxygens (including phenoxy) is 1. The molecule has 20 heavy (non-hydrogen) atoms. The number of nitriles is 1. The molecular weight excluding hydrogens is 281 g/mol. The predicted octanol–water partition coefficient (Wildman–Crippen LogP) is 2.66. The van der Waals surface area contributed by atoms with Crippen molar-refractivity contribution in [2.45, 2.75) is 13.1 Å². The molecule has 0 N–H and O–H groups in total. The van der Waals surface area contributed by atoms with Gasteiger partial charge in [0.05, 0.1) is 17.1 Å². The van der Waals surface area contributed by atoms with E-state index in [4.69, 9.17) is 5.26 Å². The zero-order valence-corrected chi connectivity index (χ0v) is 10.0. The molecule has 6 nitrogen and oxygen atoms in total. The molecule has 1 aromatic rings. The quantitative estimate of drug-likeness (QED) is 0.484. The number of nitrogens with zero attached hydrogens (tertiary/aromatic N) is 2. The monoisotopic (exact) mass is 288 g/mol. The van der Waals surface area contributed by atoms with Crippen LogP contribution in [0.1, 0.15) is 28.4 Å². The van der Waals surface area contributed by atoms with E-state index in [9.17, 15) is 28.1 Å². The second kappa shape index (κ2) is 5.56. The Balaban J connectivity index is 3.74. The summed E-state index contributed by atoms with van der Waals surface area (Å²) in [5, 5.41) is 19.6. The number of benzene rings is 1. The van der Waals surface area contributed by atoms with E-state index in [0.29, 0.717) is 12.1 Å². The first-order valence-electron chi connectivity index (χ1n) is 5.19. The van der Waals surface area contributed by atoms with Gasteiger partial charge in [-0.2, -0.15) is 18.4 Å². The van der Waals surface area contributed by atoms with Crippen LogP contribution in [0.15, 0.2) is 12.1 Å². The number of rotatable bonds is 3. The van der Waals surface area contributed by atoms with E-state index in [1.807, 2.05) is 0 Å². The number of carbonyl (C=O) groups is 1. The van der Waals surface area contributed by atoms with Crippen molar-refractivity contribution in [1.29, 1.82) is 5.26 Å². The van der Waals surface area contributed by atoms with Gasteiger partial charge in [0.1, 0.15) is 11.6 Å². The Morgan fingerprint density at radius 3 is 2.50 bits per heavy atom. The minimum atomic E-state index is -4.99. The maximum Gasteiger partial charge on any atom is 0.417 e. The van der Waals surface area contributed by atoms with Crippen molar-refractivity contribution in [3.05, 3.63) is 38.9 Å². The molecular formula is C11H7F3N2O4. The summed E-state index contributed by atoms with van der Waals surface area (Å²) in [5.41, 5.74) is -4.63. The minimum absolute atomic E-state index is 0.260. The Bertz CT molecular complexity index is 605. The van der Waals surface area contributed by atoms with Crippen LogP contribution < -0.4 is 0 Å². The SMILES string of the molecule is CCOC(=O)c1c(C(F)(F)F)ccc(C#N)c1[N+](=O)[O-]. The highest BCUT2D eigenvalue weighted by Gasteiger charge is 2.41. The molecule has 0 heterocycles. The van der Waals surface area contributed by atoms with E-state index >= 15 is 0 Å². The average Bonchev–Trinajstić information content (AvgIpc) is 2.35. The van der Waals surface area contributed by atoms with Crippen LogP contribution in [0, 0.1) is 21.4 Å². The molecule has 9 heteroatoms. The van der Waals surface area contributed by atoms with Gasteiger partial charge in [0.2, 0.25) is 0 Å². The Labute approximate surface area is 110 Å². The van der Waals surface area contributed by atoms with Gasteiger partial charge in [-0.05, 0) is 19.1 Å². The maximum atomic E-state index is 12.8. The molecule has 0 aromatic heterocycles. The fourth-order valence-electron chi connectivity index (χ4n) is 1.52. The minimum Gasteiger partial charge on any atom is -0.462 e. The average molecular weight is 288 g/mol. The van der Waals surface area contributed by atoms with Crippen LogP contribution in [0.25, 0.3) is 0 Å². The number of alkyl halides is 3. The van der Waals surface area contributed by atoms with E-state index in [0.717, 1.165) is 0 Å². The number of hydrogen-bond donors (Lipinski definition) is 0. The van der Waals surface area contributed by atoms with Crippen LogP contribution in [-0.4, -0.2) is 17.5 Å². The first-order chi connectivity index (χ1) is 9.23. The molecule has 0 aliphatic heterocycles. The third-order valence-electron chi connectivity index (χ3n) is 2.27. The third kappa shape index (κ3) is 2.85. The predicted molar refractivity (Wildman–Crippen MR) is 58.8 cm³/mol. The van der Waals surface area contributed by atoms with Gasteiger partial charge in [-0.15, -0.1) is 0 Å². The van der Waals surface area contributed by atoms with Crippen LogP contribution in [-0.2, 0) is 10.9 Å². The van der Waals surface area contributed by atoms with Crippen molar-refractivity contribution in [2.75, 3.05) is 6.61 Å². The lowest BCUT2D eigenvalue weighted by atomic mass is 10.0. The number of hydrogen-bond acceptors (Lipinski definition) is 5. The zero-order chi connectivity index (χ0) is 15.5. The van der Waals surface area contributed by atoms with Crippen molar-refractivity contribution < 1.29 is 27.6 Å². The van der Waals surface area contributed by atoms with Crippen molar-refractivity contribution in [2.24, 2.45) is 0 Å². The van der Waals surface area contributed by atoms with Crippen molar-refractivity contribution >= 4 is 11.7 Å². The van der Waals surface area contributed by atoms with E-state index in [1.54, 1.807) is 0 Å². The van der Waals surface area contributed by atoms with E-state index in [2.05, 4.69) is 4.74 Å². The number of nitro groups is 1. The summed E-state index contributed by atoms with van der Waals surface area (Å²) < 4.78 is 42.8. The molecule has 0 spiro atoms. The van der Waals surface area contributed by atoms with Gasteiger partial charge in [0, 0.05) is 0 Å². The number of nitro benzene ring substituents is 1. The summed E-state index contributed by atoms with van der Waals surface area (Å²) in [4.78, 5) is 21.2. The molecule has 0 saturated carbocycles. The lowest BCUT2D eigenvalue weighted by Gasteiger charge is -2.12. The fourth-order valence-corrected chi connectivity index (χ4v) is 1.52. The van der Waals surface area contributed by atoms with Gasteiger partial charge in [-0.1, -0.05) is 0 Å². The third-order valence-corrected chi connectivity index (χ3v) is 2.27. The van der Waals surface area contributed by atoms with Crippen molar-refractivity contribution in [3.63, 3.8) is 0 Å². The topological polar surface area (TPSA) is 93.2 Å². The highest BCUT2D eigenvalue weighted by molar-refractivity contribution is 5.97. The second-order valence-corrected chi connectivity index (χ2v) is 3.47. The highest BCUT2D eigenvalue weighted by atomic mass is 19.4. The largest absolute Gasteiger partial charge is 0.462 e. The standard InChI is InChI=1S/C11H7F3N2O4/c1-2-20-10(17)8-7(11(12,13)14)4-3-6(5-15)9(8)16(18)19/h3-4H,2H2,1H3. The molecule has 0 unspecified atom stereocenters. The van der Waals surface area contributed by atoms with Crippen LogP contribution in [0.2, 0.25) is 0 Å². The summed E-state index contributed by atoms with van der Waals surface area (Å²) >= 11 is 0. The maximum absolute atomic E-state index is 12.8. The van der Waals surface area contributed by atoms with Gasteiger partial charge in [-0.25, -0.2) is 4.79 Å². The van der Waals surface area contributed by atoms with Gasteiger partial charge in [0.15, 0.2) is 5.56 Å². The molecule has 0 fully saturated rings. The fraction of sp³-hybridized carbons (Fsp3) is 0.273. The zero-order valence-electron chi connectivity index (χ0n) is 10.0. The molecule has 106 valence electrons. The number of carbonyl (C=O) groups excluding carboxylic acids is 1. The van der Waals surface area contributed by atoms with Crippen molar-refractivity contribution in [1.82, 2.24) is 0 Å². The lowest BCUT2D eigenvalue weighted by Crippen LogP contribution is -2.18. The lowest BCUT2D eigenvalue weighted by molar-refractivity contribution is -0.385. The van der Waals surface area contributed by atoms with Crippen LogP contribution in [0.4, 0.5) is 18.9 Å². The van der Waals surface area contributed by atoms with Crippen molar-refractivity contribution in [3.8, 4) is 6.07 Å². The number of halogens is 3. The molecule has 1 rings (SSSR count). The van der Waals surface area contributed by atoms with Gasteiger partial charge in [0.25, 0.3) is 0 Å². The highest BCUT2D eigenvalue weighted by Crippen LogP contribution is 2.37. The molecule has 0 amide bonds. The van der Waals surface area contributed by atoms with E-state index < -0.39 is 39.4 Å². The molecule has 0 aliphatic carbocycles. The smallest absolute Gasteiger partial charge is 0.417 e. The molecule has 0 aliphatic rings. The first-order valence-corrected chi connectivity index (χ1v) is 5.19. The molecule has 0 radical (unpaired) electrons. The number of esters is 1. The van der Waals surface area contributed by atoms with Crippen LogP contribution >= 0.6 is 0 Å².